The van der Waals surface area contributed by atoms with Crippen LogP contribution in [0.25, 0.3) is 0 Å². The quantitative estimate of drug-likeness (QED) is 0.381. The Bertz CT molecular complexity index is 1280. The maximum atomic E-state index is 13.4. The number of anilines is 2. The molecule has 3 aromatic carbocycles. The van der Waals surface area contributed by atoms with Crippen LogP contribution in [-0.4, -0.2) is 30.7 Å². The molecule has 0 aromatic heterocycles. The van der Waals surface area contributed by atoms with Crippen LogP contribution in [-0.2, 0) is 23.2 Å². The lowest BCUT2D eigenvalue weighted by atomic mass is 9.52. The molecule has 37 heavy (non-hydrogen) atoms. The molecule has 1 heterocycles. The predicted octanol–water partition coefficient (Wildman–Crippen LogP) is 7.49. The first-order valence-electron chi connectivity index (χ1n) is 13.3. The number of nitrogens with zero attached hydrogens (tertiary/aromatic N) is 1. The molecular formula is C31H33ClN2O3. The number of nitrogens with one attached hydrogen (secondary N) is 1. The van der Waals surface area contributed by atoms with Crippen LogP contribution in [0.5, 0.6) is 5.75 Å². The highest BCUT2D eigenvalue weighted by molar-refractivity contribution is 6.30. The summed E-state index contributed by atoms with van der Waals surface area (Å²) in [5.41, 5.74) is 5.73. The van der Waals surface area contributed by atoms with Crippen LogP contribution in [0, 0.1) is 5.92 Å². The van der Waals surface area contributed by atoms with Crippen molar-refractivity contribution < 1.29 is 14.3 Å². The Kier molecular flexibility index (Phi) is 6.49. The number of rotatable bonds is 5. The Hall–Kier alpha value is -3.18. The van der Waals surface area contributed by atoms with E-state index in [-0.39, 0.29) is 17.6 Å². The zero-order valence-electron chi connectivity index (χ0n) is 21.2. The lowest BCUT2D eigenvalue weighted by Gasteiger charge is -2.58. The maximum absolute atomic E-state index is 13.4. The van der Waals surface area contributed by atoms with Gasteiger partial charge in [-0.05, 0) is 84.7 Å². The first kappa shape index (κ1) is 24.2. The fourth-order valence-electron chi connectivity index (χ4n) is 7.03. The van der Waals surface area contributed by atoms with E-state index in [1.165, 1.54) is 30.4 Å². The Balaban J connectivity index is 1.32. The normalized spacial score (nSPS) is 24.0. The van der Waals surface area contributed by atoms with E-state index in [1.54, 1.807) is 7.11 Å². The molecule has 0 radical (unpaired) electrons. The Labute approximate surface area is 223 Å². The van der Waals surface area contributed by atoms with Gasteiger partial charge in [-0.3, -0.25) is 0 Å². The molecular weight excluding hydrogens is 484 g/mol. The summed E-state index contributed by atoms with van der Waals surface area (Å²) >= 11 is 6.09. The average Bonchev–Trinajstić information content (AvgIpc) is 2.93. The number of piperidine rings is 1. The van der Waals surface area contributed by atoms with Crippen molar-refractivity contribution >= 4 is 29.1 Å². The Morgan fingerprint density at radius 3 is 2.68 bits per heavy atom. The first-order chi connectivity index (χ1) is 18.1. The van der Waals surface area contributed by atoms with Gasteiger partial charge in [-0.2, -0.15) is 0 Å². The van der Waals surface area contributed by atoms with Gasteiger partial charge in [0.2, 0.25) is 0 Å². The highest BCUT2D eigenvalue weighted by Crippen LogP contribution is 2.57. The van der Waals surface area contributed by atoms with E-state index in [4.69, 9.17) is 21.1 Å². The second-order valence-electron chi connectivity index (χ2n) is 10.6. The number of halogens is 1. The molecule has 3 aliphatic rings. The van der Waals surface area contributed by atoms with Crippen LogP contribution in [0.4, 0.5) is 16.2 Å². The number of hydrogen-bond donors (Lipinski definition) is 1. The van der Waals surface area contributed by atoms with Crippen molar-refractivity contribution in [3.8, 4) is 5.75 Å². The number of likely N-dealkylation sites (tertiary alicyclic amines) is 1. The molecule has 1 saturated carbocycles. The molecule has 1 aliphatic heterocycles. The highest BCUT2D eigenvalue weighted by atomic mass is 35.5. The Morgan fingerprint density at radius 1 is 1.08 bits per heavy atom. The molecule has 6 rings (SSSR count). The molecule has 5 nitrogen and oxygen atoms in total. The van der Waals surface area contributed by atoms with E-state index in [0.717, 1.165) is 48.5 Å². The first-order valence-corrected chi connectivity index (χ1v) is 13.7. The second kappa shape index (κ2) is 9.94. The number of carbonyl (C=O) groups excluding carboxylic acids is 1. The van der Waals surface area contributed by atoms with E-state index in [0.29, 0.717) is 17.5 Å². The van der Waals surface area contributed by atoms with Crippen molar-refractivity contribution in [2.75, 3.05) is 19.0 Å². The van der Waals surface area contributed by atoms with E-state index < -0.39 is 0 Å². The predicted molar refractivity (Wildman–Crippen MR) is 147 cm³/mol. The SMILES string of the molecule is COc1cc2c(cc1Nc1ccc(Cl)cc1)C[C@@H]1[C@@H]3CCCC[C@]23CCN1C(=O)OCc1ccccc1. The summed E-state index contributed by atoms with van der Waals surface area (Å²) in [5.74, 6) is 1.31. The smallest absolute Gasteiger partial charge is 0.410 e. The van der Waals surface area contributed by atoms with Gasteiger partial charge in [0.25, 0.3) is 0 Å². The van der Waals surface area contributed by atoms with Crippen molar-refractivity contribution in [1.82, 2.24) is 4.90 Å². The minimum Gasteiger partial charge on any atom is -0.495 e. The number of amides is 1. The van der Waals surface area contributed by atoms with E-state index >= 15 is 0 Å². The van der Waals surface area contributed by atoms with Gasteiger partial charge >= 0.3 is 6.09 Å². The molecule has 3 atom stereocenters. The molecule has 2 fully saturated rings. The van der Waals surface area contributed by atoms with Crippen LogP contribution in [0.15, 0.2) is 66.7 Å². The van der Waals surface area contributed by atoms with Gasteiger partial charge < -0.3 is 19.7 Å². The van der Waals surface area contributed by atoms with Crippen LogP contribution in [0.2, 0.25) is 5.02 Å². The lowest BCUT2D eigenvalue weighted by molar-refractivity contribution is -0.0137. The molecule has 1 saturated heterocycles. The number of benzene rings is 3. The molecule has 0 unspecified atom stereocenters. The minimum absolute atomic E-state index is 0.0960. The van der Waals surface area contributed by atoms with E-state index in [2.05, 4.69) is 17.4 Å². The number of carbonyl (C=O) groups is 1. The van der Waals surface area contributed by atoms with Gasteiger partial charge in [0.05, 0.1) is 12.8 Å². The van der Waals surface area contributed by atoms with E-state index in [9.17, 15) is 4.79 Å². The lowest BCUT2D eigenvalue weighted by Crippen LogP contribution is -2.62. The van der Waals surface area contributed by atoms with Gasteiger partial charge in [-0.25, -0.2) is 4.79 Å². The van der Waals surface area contributed by atoms with Crippen LogP contribution in [0.1, 0.15) is 48.8 Å². The number of methoxy groups -OCH3 is 1. The summed E-state index contributed by atoms with van der Waals surface area (Å²) in [6.45, 7) is 1.04. The van der Waals surface area contributed by atoms with E-state index in [1.807, 2.05) is 59.5 Å². The standard InChI is InChI=1S/C31H33ClN2O3/c1-36-29-19-26-22(17-27(29)33-24-12-10-23(32)11-13-24)18-28-25-9-5-6-14-31(25,26)15-16-34(28)30(35)37-20-21-7-3-2-4-8-21/h2-4,7-8,10-13,17,19,25,28,33H,5-6,9,14-16,18,20H2,1H3/t25-,28+,31+/m0/s1. The van der Waals surface area contributed by atoms with Gasteiger partial charge in [0, 0.05) is 28.7 Å². The third-order valence-electron chi connectivity index (χ3n) is 8.72. The highest BCUT2D eigenvalue weighted by Gasteiger charge is 2.55. The summed E-state index contributed by atoms with van der Waals surface area (Å²) in [5, 5.41) is 4.23. The molecule has 0 spiro atoms. The minimum atomic E-state index is -0.190. The van der Waals surface area contributed by atoms with Crippen LogP contribution in [0.3, 0.4) is 0 Å². The number of ether oxygens (including phenoxy) is 2. The molecule has 2 aliphatic carbocycles. The Morgan fingerprint density at radius 2 is 1.89 bits per heavy atom. The van der Waals surface area contributed by atoms with Crippen molar-refractivity contribution in [2.45, 2.75) is 56.6 Å². The monoisotopic (exact) mass is 516 g/mol. The summed E-state index contributed by atoms with van der Waals surface area (Å²) in [6.07, 6.45) is 6.38. The van der Waals surface area contributed by atoms with Crippen molar-refractivity contribution in [2.24, 2.45) is 5.92 Å². The largest absolute Gasteiger partial charge is 0.495 e. The molecule has 2 bridgehead atoms. The maximum Gasteiger partial charge on any atom is 0.410 e. The summed E-state index contributed by atoms with van der Waals surface area (Å²) < 4.78 is 11.7. The van der Waals surface area contributed by atoms with Gasteiger partial charge in [0.15, 0.2) is 0 Å². The van der Waals surface area contributed by atoms with Crippen molar-refractivity contribution in [1.29, 1.82) is 0 Å². The van der Waals surface area contributed by atoms with Crippen molar-refractivity contribution in [3.63, 3.8) is 0 Å². The number of hydrogen-bond acceptors (Lipinski definition) is 4. The van der Waals surface area contributed by atoms with Gasteiger partial charge in [-0.15, -0.1) is 0 Å². The van der Waals surface area contributed by atoms with Crippen LogP contribution < -0.4 is 10.1 Å². The number of fused-ring (bicyclic) bond motifs is 1. The molecule has 1 N–H and O–H groups in total. The molecule has 1 amide bonds. The fraction of sp³-hybridized carbons (Fsp3) is 0.387. The molecule has 192 valence electrons. The third-order valence-corrected chi connectivity index (χ3v) is 8.97. The summed E-state index contributed by atoms with van der Waals surface area (Å²) in [7, 11) is 1.74. The zero-order chi connectivity index (χ0) is 25.4. The third kappa shape index (κ3) is 4.44. The topological polar surface area (TPSA) is 50.8 Å². The van der Waals surface area contributed by atoms with Crippen LogP contribution >= 0.6 is 11.6 Å². The second-order valence-corrected chi connectivity index (χ2v) is 11.0. The van der Waals surface area contributed by atoms with Crippen molar-refractivity contribution in [3.05, 3.63) is 88.4 Å². The van der Waals surface area contributed by atoms with Gasteiger partial charge in [-0.1, -0.05) is 54.8 Å². The zero-order valence-corrected chi connectivity index (χ0v) is 22.0. The molecule has 3 aromatic rings. The summed E-state index contributed by atoms with van der Waals surface area (Å²) in [4.78, 5) is 15.4. The van der Waals surface area contributed by atoms with Gasteiger partial charge in [0.1, 0.15) is 12.4 Å². The fourth-order valence-corrected chi connectivity index (χ4v) is 7.15. The summed E-state index contributed by atoms with van der Waals surface area (Å²) in [6, 6.07) is 22.3. The average molecular weight is 517 g/mol. The molecule has 6 heteroatoms.